The minimum absolute atomic E-state index is 0.235. The highest BCUT2D eigenvalue weighted by Crippen LogP contribution is 2.13. The van der Waals surface area contributed by atoms with Crippen LogP contribution in [0.4, 0.5) is 14.3 Å². The number of carbonyl (C=O) groups is 2. The Labute approximate surface area is 137 Å². The van der Waals surface area contributed by atoms with E-state index in [4.69, 9.17) is 0 Å². The number of halogens is 1. The fourth-order valence-electron chi connectivity index (χ4n) is 1.74. The maximum absolute atomic E-state index is 13.4. The molecule has 0 spiro atoms. The molecule has 1 heterocycles. The molecule has 0 aliphatic carbocycles. The van der Waals surface area contributed by atoms with Gasteiger partial charge in [0.25, 0.3) is 5.91 Å². The summed E-state index contributed by atoms with van der Waals surface area (Å²) in [6.45, 7) is 3.95. The number of aromatic nitrogens is 1. The fourth-order valence-corrected chi connectivity index (χ4v) is 2.42. The van der Waals surface area contributed by atoms with E-state index in [1.807, 2.05) is 12.3 Å². The lowest BCUT2D eigenvalue weighted by Gasteiger charge is -2.08. The standard InChI is InChI=1S/C15H17FN4O2S/c1-9-3-4-11(7-12(9)16)13(21)17-5-6-18-14(22)20-15-19-10(2)8-23-15/h3-4,7-8H,5-6H2,1-2H3,(H,17,21)(H2,18,19,20,22). The van der Waals surface area contributed by atoms with Crippen molar-refractivity contribution in [2.24, 2.45) is 0 Å². The van der Waals surface area contributed by atoms with Crippen LogP contribution >= 0.6 is 11.3 Å². The number of aryl methyl sites for hydroxylation is 2. The Morgan fingerprint density at radius 2 is 1.96 bits per heavy atom. The number of amides is 3. The summed E-state index contributed by atoms with van der Waals surface area (Å²) >= 11 is 1.33. The third-order valence-corrected chi connectivity index (χ3v) is 3.85. The molecule has 6 nitrogen and oxygen atoms in total. The number of carbonyl (C=O) groups excluding carboxylic acids is 2. The van der Waals surface area contributed by atoms with Crippen molar-refractivity contribution < 1.29 is 14.0 Å². The van der Waals surface area contributed by atoms with Crippen molar-refractivity contribution in [2.45, 2.75) is 13.8 Å². The molecular formula is C15H17FN4O2S. The molecule has 0 unspecified atom stereocenters. The molecule has 0 saturated carbocycles. The SMILES string of the molecule is Cc1csc(NC(=O)NCCNC(=O)c2ccc(C)c(F)c2)n1. The first kappa shape index (κ1) is 16.9. The molecule has 3 amide bonds. The average molecular weight is 336 g/mol. The zero-order valence-electron chi connectivity index (χ0n) is 12.8. The van der Waals surface area contributed by atoms with E-state index in [-0.39, 0.29) is 24.6 Å². The lowest BCUT2D eigenvalue weighted by atomic mass is 10.1. The van der Waals surface area contributed by atoms with Gasteiger partial charge in [-0.3, -0.25) is 10.1 Å². The lowest BCUT2D eigenvalue weighted by molar-refractivity contribution is 0.0953. The van der Waals surface area contributed by atoms with E-state index in [1.165, 1.54) is 17.4 Å². The zero-order chi connectivity index (χ0) is 16.8. The van der Waals surface area contributed by atoms with Crippen LogP contribution in [0.2, 0.25) is 0 Å². The van der Waals surface area contributed by atoms with E-state index >= 15 is 0 Å². The highest BCUT2D eigenvalue weighted by Gasteiger charge is 2.08. The van der Waals surface area contributed by atoms with E-state index in [2.05, 4.69) is 20.9 Å². The highest BCUT2D eigenvalue weighted by molar-refractivity contribution is 7.13. The number of nitrogens with one attached hydrogen (secondary N) is 3. The van der Waals surface area contributed by atoms with Crippen LogP contribution < -0.4 is 16.0 Å². The number of nitrogens with zero attached hydrogens (tertiary/aromatic N) is 1. The number of rotatable bonds is 5. The first-order valence-corrected chi connectivity index (χ1v) is 7.85. The number of benzene rings is 1. The summed E-state index contributed by atoms with van der Waals surface area (Å²) in [5.41, 5.74) is 1.57. The highest BCUT2D eigenvalue weighted by atomic mass is 32.1. The topological polar surface area (TPSA) is 83.1 Å². The van der Waals surface area contributed by atoms with Gasteiger partial charge in [0.1, 0.15) is 5.82 Å². The average Bonchev–Trinajstić information content (AvgIpc) is 2.91. The molecule has 1 aromatic carbocycles. The maximum Gasteiger partial charge on any atom is 0.321 e. The summed E-state index contributed by atoms with van der Waals surface area (Å²) in [7, 11) is 0. The molecule has 8 heteroatoms. The Bertz CT molecular complexity index is 717. The van der Waals surface area contributed by atoms with Gasteiger partial charge in [-0.25, -0.2) is 14.2 Å². The Morgan fingerprint density at radius 3 is 2.61 bits per heavy atom. The molecule has 0 fully saturated rings. The molecule has 0 saturated heterocycles. The van der Waals surface area contributed by atoms with E-state index in [0.717, 1.165) is 5.69 Å². The van der Waals surface area contributed by atoms with Crippen molar-refractivity contribution in [1.29, 1.82) is 0 Å². The van der Waals surface area contributed by atoms with Crippen LogP contribution in [0.5, 0.6) is 0 Å². The van der Waals surface area contributed by atoms with Crippen LogP contribution in [0, 0.1) is 19.7 Å². The third-order valence-electron chi connectivity index (χ3n) is 2.97. The predicted octanol–water partition coefficient (Wildman–Crippen LogP) is 2.45. The minimum atomic E-state index is -0.422. The second-order valence-electron chi connectivity index (χ2n) is 4.89. The summed E-state index contributed by atoms with van der Waals surface area (Å²) < 4.78 is 13.4. The van der Waals surface area contributed by atoms with Crippen LogP contribution in [-0.4, -0.2) is 30.0 Å². The zero-order valence-corrected chi connectivity index (χ0v) is 13.6. The molecule has 0 aliphatic heterocycles. The smallest absolute Gasteiger partial charge is 0.321 e. The van der Waals surface area contributed by atoms with Gasteiger partial charge >= 0.3 is 6.03 Å². The van der Waals surface area contributed by atoms with E-state index < -0.39 is 11.8 Å². The van der Waals surface area contributed by atoms with Crippen molar-refractivity contribution in [3.63, 3.8) is 0 Å². The van der Waals surface area contributed by atoms with E-state index in [0.29, 0.717) is 10.7 Å². The van der Waals surface area contributed by atoms with Crippen LogP contribution in [0.3, 0.4) is 0 Å². The van der Waals surface area contributed by atoms with Crippen LogP contribution in [-0.2, 0) is 0 Å². The number of anilines is 1. The summed E-state index contributed by atoms with van der Waals surface area (Å²) in [4.78, 5) is 27.5. The molecule has 0 radical (unpaired) electrons. The predicted molar refractivity (Wildman–Crippen MR) is 87.3 cm³/mol. The van der Waals surface area contributed by atoms with Crippen molar-refractivity contribution in [3.05, 3.63) is 46.2 Å². The third kappa shape index (κ3) is 5.03. The van der Waals surface area contributed by atoms with Gasteiger partial charge < -0.3 is 10.6 Å². The summed E-state index contributed by atoms with van der Waals surface area (Å²) in [5.74, 6) is -0.810. The Morgan fingerprint density at radius 1 is 1.22 bits per heavy atom. The number of hydrogen-bond acceptors (Lipinski definition) is 4. The van der Waals surface area contributed by atoms with E-state index in [9.17, 15) is 14.0 Å². The summed E-state index contributed by atoms with van der Waals surface area (Å²) in [6.07, 6.45) is 0. The van der Waals surface area contributed by atoms with E-state index in [1.54, 1.807) is 19.1 Å². The van der Waals surface area contributed by atoms with Crippen LogP contribution in [0.1, 0.15) is 21.6 Å². The Hall–Kier alpha value is -2.48. The Kier molecular flexibility index (Phi) is 5.64. The quantitative estimate of drug-likeness (QED) is 0.734. The molecule has 0 aliphatic rings. The van der Waals surface area contributed by atoms with Crippen molar-refractivity contribution >= 4 is 28.4 Å². The maximum atomic E-state index is 13.4. The van der Waals surface area contributed by atoms with Crippen LogP contribution in [0.25, 0.3) is 0 Å². The molecular weight excluding hydrogens is 319 g/mol. The molecule has 1 aromatic heterocycles. The fraction of sp³-hybridized carbons (Fsp3) is 0.267. The van der Waals surface area contributed by atoms with Gasteiger partial charge in [-0.15, -0.1) is 11.3 Å². The first-order chi connectivity index (χ1) is 11.0. The molecule has 2 rings (SSSR count). The van der Waals surface area contributed by atoms with Gasteiger partial charge in [-0.05, 0) is 31.5 Å². The lowest BCUT2D eigenvalue weighted by Crippen LogP contribution is -2.36. The number of hydrogen-bond donors (Lipinski definition) is 3. The van der Waals surface area contributed by atoms with Gasteiger partial charge in [0.15, 0.2) is 5.13 Å². The molecule has 0 atom stereocenters. The normalized spacial score (nSPS) is 10.2. The minimum Gasteiger partial charge on any atom is -0.350 e. The van der Waals surface area contributed by atoms with Crippen LogP contribution in [0.15, 0.2) is 23.6 Å². The second kappa shape index (κ2) is 7.68. The van der Waals surface area contributed by atoms with Crippen molar-refractivity contribution in [2.75, 3.05) is 18.4 Å². The summed E-state index contributed by atoms with van der Waals surface area (Å²) in [6, 6.07) is 3.90. The largest absolute Gasteiger partial charge is 0.350 e. The molecule has 23 heavy (non-hydrogen) atoms. The Balaban J connectivity index is 1.71. The van der Waals surface area contributed by atoms with Gasteiger partial charge in [0, 0.05) is 24.0 Å². The monoisotopic (exact) mass is 336 g/mol. The molecule has 0 bridgehead atoms. The summed E-state index contributed by atoms with van der Waals surface area (Å²) in [5, 5.41) is 10.1. The molecule has 2 aromatic rings. The molecule has 122 valence electrons. The molecule has 3 N–H and O–H groups in total. The van der Waals surface area contributed by atoms with Gasteiger partial charge in [-0.2, -0.15) is 0 Å². The van der Waals surface area contributed by atoms with Gasteiger partial charge in [-0.1, -0.05) is 6.07 Å². The number of urea groups is 1. The second-order valence-corrected chi connectivity index (χ2v) is 5.75. The van der Waals surface area contributed by atoms with Gasteiger partial charge in [0.2, 0.25) is 0 Å². The first-order valence-electron chi connectivity index (χ1n) is 6.97. The van der Waals surface area contributed by atoms with Gasteiger partial charge in [0.05, 0.1) is 5.69 Å². The van der Waals surface area contributed by atoms with Crippen molar-refractivity contribution in [1.82, 2.24) is 15.6 Å². The van der Waals surface area contributed by atoms with Crippen molar-refractivity contribution in [3.8, 4) is 0 Å². The number of thiazole rings is 1.